The molecule has 0 aliphatic heterocycles. The van der Waals surface area contributed by atoms with Crippen molar-refractivity contribution in [2.75, 3.05) is 0 Å². The maximum Gasteiger partial charge on any atom is 0.195 e. The highest BCUT2D eigenvalue weighted by Crippen LogP contribution is 2.20. The molecule has 3 heteroatoms. The van der Waals surface area contributed by atoms with Crippen LogP contribution in [0.3, 0.4) is 0 Å². The molecular formula is C15H13BrO2. The van der Waals surface area contributed by atoms with E-state index in [9.17, 15) is 9.90 Å². The lowest BCUT2D eigenvalue weighted by Gasteiger charge is -2.10. The van der Waals surface area contributed by atoms with Crippen LogP contribution in [0.5, 0.6) is 0 Å². The van der Waals surface area contributed by atoms with Crippen LogP contribution in [-0.4, -0.2) is 10.9 Å². The van der Waals surface area contributed by atoms with Crippen molar-refractivity contribution >= 4 is 21.7 Å². The molecule has 0 aliphatic rings. The van der Waals surface area contributed by atoms with Crippen LogP contribution in [0.15, 0.2) is 53.0 Å². The van der Waals surface area contributed by atoms with Crippen LogP contribution in [0.4, 0.5) is 0 Å². The van der Waals surface area contributed by atoms with Crippen molar-refractivity contribution in [2.24, 2.45) is 0 Å². The molecule has 18 heavy (non-hydrogen) atoms. The summed E-state index contributed by atoms with van der Waals surface area (Å²) < 4.78 is 0.918. The Balaban J connectivity index is 2.23. The molecule has 0 saturated carbocycles. The van der Waals surface area contributed by atoms with Crippen molar-refractivity contribution < 1.29 is 9.90 Å². The van der Waals surface area contributed by atoms with Gasteiger partial charge in [-0.05, 0) is 24.6 Å². The van der Waals surface area contributed by atoms with Crippen LogP contribution in [0.2, 0.25) is 0 Å². The second-order valence-corrected chi connectivity index (χ2v) is 5.10. The topological polar surface area (TPSA) is 37.3 Å². The predicted molar refractivity (Wildman–Crippen MR) is 74.6 cm³/mol. The highest BCUT2D eigenvalue weighted by atomic mass is 79.9. The van der Waals surface area contributed by atoms with E-state index < -0.39 is 6.10 Å². The van der Waals surface area contributed by atoms with Gasteiger partial charge in [0, 0.05) is 10.0 Å². The quantitative estimate of drug-likeness (QED) is 0.878. The number of halogens is 1. The molecule has 0 aliphatic carbocycles. The molecule has 2 aromatic rings. The van der Waals surface area contributed by atoms with Gasteiger partial charge in [0.15, 0.2) is 5.78 Å². The number of Topliss-reactive ketones (excluding diaryl/α,β-unsaturated/α-hetero) is 1. The normalized spacial score (nSPS) is 12.2. The third-order valence-electron chi connectivity index (χ3n) is 2.77. The van der Waals surface area contributed by atoms with E-state index in [0.717, 1.165) is 10.0 Å². The van der Waals surface area contributed by atoms with Crippen LogP contribution >= 0.6 is 15.9 Å². The number of carbonyl (C=O) groups is 1. The molecule has 2 rings (SSSR count). The number of benzene rings is 2. The van der Waals surface area contributed by atoms with Gasteiger partial charge in [0.25, 0.3) is 0 Å². The summed E-state index contributed by atoms with van der Waals surface area (Å²) in [6.07, 6.45) is -1.11. The van der Waals surface area contributed by atoms with Crippen molar-refractivity contribution in [3.8, 4) is 0 Å². The Morgan fingerprint density at radius 2 is 1.61 bits per heavy atom. The van der Waals surface area contributed by atoms with Crippen LogP contribution in [0, 0.1) is 6.92 Å². The standard InChI is InChI=1S/C15H13BrO2/c1-10-2-4-11(5-3-10)14(17)15(18)12-6-8-13(16)9-7-12/h2-9,15,18H,1H3. The van der Waals surface area contributed by atoms with Crippen molar-refractivity contribution in [2.45, 2.75) is 13.0 Å². The van der Waals surface area contributed by atoms with Gasteiger partial charge in [0.05, 0.1) is 0 Å². The summed E-state index contributed by atoms with van der Waals surface area (Å²) in [5.74, 6) is -0.280. The summed E-state index contributed by atoms with van der Waals surface area (Å²) in [5.41, 5.74) is 2.21. The largest absolute Gasteiger partial charge is 0.380 e. The van der Waals surface area contributed by atoms with Crippen molar-refractivity contribution in [1.82, 2.24) is 0 Å². The van der Waals surface area contributed by atoms with E-state index in [1.54, 1.807) is 36.4 Å². The second-order valence-electron chi connectivity index (χ2n) is 4.18. The Kier molecular flexibility index (Phi) is 3.94. The minimum Gasteiger partial charge on any atom is -0.380 e. The zero-order chi connectivity index (χ0) is 13.1. The van der Waals surface area contributed by atoms with Crippen molar-refractivity contribution in [3.63, 3.8) is 0 Å². The third kappa shape index (κ3) is 2.86. The van der Waals surface area contributed by atoms with E-state index in [1.807, 2.05) is 19.1 Å². The number of carbonyl (C=O) groups excluding carboxylic acids is 1. The van der Waals surface area contributed by atoms with Crippen LogP contribution in [0.25, 0.3) is 0 Å². The predicted octanol–water partition coefficient (Wildman–Crippen LogP) is 3.67. The summed E-state index contributed by atoms with van der Waals surface area (Å²) in [5, 5.41) is 10.0. The number of rotatable bonds is 3. The summed E-state index contributed by atoms with van der Waals surface area (Å²) >= 11 is 3.32. The number of aryl methyl sites for hydroxylation is 1. The van der Waals surface area contributed by atoms with Crippen LogP contribution in [-0.2, 0) is 0 Å². The lowest BCUT2D eigenvalue weighted by atomic mass is 9.99. The number of aliphatic hydroxyl groups excluding tert-OH is 1. The van der Waals surface area contributed by atoms with Gasteiger partial charge in [0.1, 0.15) is 6.10 Å². The molecule has 0 bridgehead atoms. The molecule has 0 saturated heterocycles. The average molecular weight is 305 g/mol. The number of aliphatic hydroxyl groups is 1. The van der Waals surface area contributed by atoms with Gasteiger partial charge in [-0.15, -0.1) is 0 Å². The van der Waals surface area contributed by atoms with Gasteiger partial charge in [-0.1, -0.05) is 57.9 Å². The molecule has 0 fully saturated rings. The minimum absolute atomic E-state index is 0.280. The summed E-state index contributed by atoms with van der Waals surface area (Å²) in [7, 11) is 0. The third-order valence-corrected chi connectivity index (χ3v) is 3.30. The fraction of sp³-hybridized carbons (Fsp3) is 0.133. The molecule has 0 heterocycles. The molecule has 0 aromatic heterocycles. The van der Waals surface area contributed by atoms with Crippen LogP contribution in [0.1, 0.15) is 27.6 Å². The fourth-order valence-electron chi connectivity index (χ4n) is 1.67. The first-order chi connectivity index (χ1) is 8.58. The highest BCUT2D eigenvalue weighted by Gasteiger charge is 2.18. The van der Waals surface area contributed by atoms with E-state index >= 15 is 0 Å². The van der Waals surface area contributed by atoms with Gasteiger partial charge >= 0.3 is 0 Å². The van der Waals surface area contributed by atoms with Crippen molar-refractivity contribution in [3.05, 3.63) is 69.7 Å². The van der Waals surface area contributed by atoms with Gasteiger partial charge in [-0.2, -0.15) is 0 Å². The Bertz CT molecular complexity index is 544. The molecule has 1 atom stereocenters. The highest BCUT2D eigenvalue weighted by molar-refractivity contribution is 9.10. The number of ketones is 1. The summed E-state index contributed by atoms with van der Waals surface area (Å²) in [6, 6.07) is 14.3. The molecule has 0 radical (unpaired) electrons. The van der Waals surface area contributed by atoms with E-state index in [4.69, 9.17) is 0 Å². The average Bonchev–Trinajstić information content (AvgIpc) is 2.39. The van der Waals surface area contributed by atoms with Gasteiger partial charge in [-0.3, -0.25) is 4.79 Å². The van der Waals surface area contributed by atoms with E-state index in [1.165, 1.54) is 0 Å². The molecule has 2 aromatic carbocycles. The minimum atomic E-state index is -1.11. The Hall–Kier alpha value is -1.45. The maximum absolute atomic E-state index is 12.1. The monoisotopic (exact) mass is 304 g/mol. The van der Waals surface area contributed by atoms with Crippen LogP contribution < -0.4 is 0 Å². The molecule has 92 valence electrons. The lowest BCUT2D eigenvalue weighted by molar-refractivity contribution is 0.0747. The first kappa shape index (κ1) is 13.0. The number of hydrogen-bond donors (Lipinski definition) is 1. The molecular weight excluding hydrogens is 292 g/mol. The molecule has 1 unspecified atom stereocenters. The smallest absolute Gasteiger partial charge is 0.195 e. The van der Waals surface area contributed by atoms with E-state index in [2.05, 4.69) is 15.9 Å². The first-order valence-electron chi connectivity index (χ1n) is 5.62. The zero-order valence-electron chi connectivity index (χ0n) is 9.93. The zero-order valence-corrected chi connectivity index (χ0v) is 11.5. The fourth-order valence-corrected chi connectivity index (χ4v) is 1.94. The first-order valence-corrected chi connectivity index (χ1v) is 6.41. The molecule has 0 amide bonds. The second kappa shape index (κ2) is 5.46. The Morgan fingerprint density at radius 1 is 1.06 bits per heavy atom. The van der Waals surface area contributed by atoms with Gasteiger partial charge < -0.3 is 5.11 Å². The number of hydrogen-bond acceptors (Lipinski definition) is 2. The van der Waals surface area contributed by atoms with Gasteiger partial charge in [-0.25, -0.2) is 0 Å². The summed E-state index contributed by atoms with van der Waals surface area (Å²) in [6.45, 7) is 1.96. The Morgan fingerprint density at radius 3 is 2.17 bits per heavy atom. The van der Waals surface area contributed by atoms with E-state index in [0.29, 0.717) is 11.1 Å². The Labute approximate surface area is 114 Å². The SMILES string of the molecule is Cc1ccc(C(=O)C(O)c2ccc(Br)cc2)cc1. The molecule has 2 nitrogen and oxygen atoms in total. The maximum atomic E-state index is 12.1. The molecule has 0 spiro atoms. The van der Waals surface area contributed by atoms with Gasteiger partial charge in [0.2, 0.25) is 0 Å². The van der Waals surface area contributed by atoms with E-state index in [-0.39, 0.29) is 5.78 Å². The lowest BCUT2D eigenvalue weighted by Crippen LogP contribution is -2.12. The van der Waals surface area contributed by atoms with Crippen molar-refractivity contribution in [1.29, 1.82) is 0 Å². The summed E-state index contributed by atoms with van der Waals surface area (Å²) in [4.78, 5) is 12.1. The molecule has 1 N–H and O–H groups in total.